The van der Waals surface area contributed by atoms with E-state index >= 15 is 0 Å². The molecule has 0 amide bonds. The molecule has 3 unspecified atom stereocenters. The van der Waals surface area contributed by atoms with Crippen LogP contribution in [-0.4, -0.2) is 86.2 Å². The topological polar surface area (TPSA) is 21.8 Å². The molecule has 0 aromatic carbocycles. The number of piperidine rings is 2. The van der Waals surface area contributed by atoms with Gasteiger partial charge in [-0.05, 0) is 50.7 Å². The largest absolute Gasteiger partial charge is 0.315 e. The Morgan fingerprint density at radius 2 is 1.77 bits per heavy atom. The zero-order valence-corrected chi connectivity index (χ0v) is 14.8. The average Bonchev–Trinajstić information content (AvgIpc) is 2.56. The van der Waals surface area contributed by atoms with Crippen LogP contribution < -0.4 is 5.32 Å². The summed E-state index contributed by atoms with van der Waals surface area (Å²) < 4.78 is 0. The Labute approximate surface area is 137 Å². The van der Waals surface area contributed by atoms with Crippen molar-refractivity contribution in [3.63, 3.8) is 0 Å². The lowest BCUT2D eigenvalue weighted by atomic mass is 9.88. The van der Waals surface area contributed by atoms with Crippen LogP contribution in [0.25, 0.3) is 0 Å². The number of piperazine rings is 1. The molecule has 0 aliphatic carbocycles. The SMILES string of the molecule is CCN1CCN(CC2CCNCC2N2CCCC(C)C2)CC1. The number of rotatable bonds is 4. The third-order valence-electron chi connectivity index (χ3n) is 6.15. The van der Waals surface area contributed by atoms with Gasteiger partial charge in [0.15, 0.2) is 0 Å². The van der Waals surface area contributed by atoms with Crippen molar-refractivity contribution in [2.24, 2.45) is 11.8 Å². The third-order valence-corrected chi connectivity index (χ3v) is 6.15. The second-order valence-corrected chi connectivity index (χ2v) is 7.80. The lowest BCUT2D eigenvalue weighted by Crippen LogP contribution is -2.57. The first-order valence-electron chi connectivity index (χ1n) is 9.65. The van der Waals surface area contributed by atoms with Gasteiger partial charge in [-0.2, -0.15) is 0 Å². The summed E-state index contributed by atoms with van der Waals surface area (Å²) >= 11 is 0. The summed E-state index contributed by atoms with van der Waals surface area (Å²) in [7, 11) is 0. The Morgan fingerprint density at radius 3 is 2.50 bits per heavy atom. The molecule has 22 heavy (non-hydrogen) atoms. The van der Waals surface area contributed by atoms with Gasteiger partial charge in [0.25, 0.3) is 0 Å². The minimum atomic E-state index is 0.778. The van der Waals surface area contributed by atoms with Crippen LogP contribution in [-0.2, 0) is 0 Å². The molecule has 128 valence electrons. The van der Waals surface area contributed by atoms with Gasteiger partial charge in [-0.3, -0.25) is 4.90 Å². The maximum Gasteiger partial charge on any atom is 0.0261 e. The monoisotopic (exact) mass is 308 g/mol. The lowest BCUT2D eigenvalue weighted by Gasteiger charge is -2.45. The first-order valence-corrected chi connectivity index (χ1v) is 9.65. The summed E-state index contributed by atoms with van der Waals surface area (Å²) in [5.74, 6) is 1.77. The molecule has 3 rings (SSSR count). The highest BCUT2D eigenvalue weighted by Crippen LogP contribution is 2.25. The normalized spacial score (nSPS) is 36.5. The van der Waals surface area contributed by atoms with E-state index in [-0.39, 0.29) is 0 Å². The zero-order chi connectivity index (χ0) is 15.4. The fourth-order valence-corrected chi connectivity index (χ4v) is 4.68. The minimum absolute atomic E-state index is 0.778. The highest BCUT2D eigenvalue weighted by molar-refractivity contribution is 4.90. The van der Waals surface area contributed by atoms with E-state index in [0.29, 0.717) is 0 Å². The Morgan fingerprint density at radius 1 is 1.00 bits per heavy atom. The van der Waals surface area contributed by atoms with E-state index in [9.17, 15) is 0 Å². The second kappa shape index (κ2) is 8.09. The van der Waals surface area contributed by atoms with Gasteiger partial charge in [-0.1, -0.05) is 13.8 Å². The number of hydrogen-bond acceptors (Lipinski definition) is 4. The van der Waals surface area contributed by atoms with E-state index in [1.807, 2.05) is 0 Å². The minimum Gasteiger partial charge on any atom is -0.315 e. The quantitative estimate of drug-likeness (QED) is 0.846. The number of likely N-dealkylation sites (N-methyl/N-ethyl adjacent to an activating group) is 1. The van der Waals surface area contributed by atoms with Gasteiger partial charge in [0.2, 0.25) is 0 Å². The molecule has 3 saturated heterocycles. The predicted molar refractivity (Wildman–Crippen MR) is 93.3 cm³/mol. The van der Waals surface area contributed by atoms with Crippen molar-refractivity contribution in [2.45, 2.75) is 39.2 Å². The molecule has 0 saturated carbocycles. The summed E-state index contributed by atoms with van der Waals surface area (Å²) in [6.45, 7) is 17.5. The summed E-state index contributed by atoms with van der Waals surface area (Å²) in [5, 5.41) is 3.66. The van der Waals surface area contributed by atoms with Crippen LogP contribution in [0.5, 0.6) is 0 Å². The van der Waals surface area contributed by atoms with E-state index < -0.39 is 0 Å². The van der Waals surface area contributed by atoms with Crippen LogP contribution in [0.2, 0.25) is 0 Å². The van der Waals surface area contributed by atoms with Crippen LogP contribution >= 0.6 is 0 Å². The van der Waals surface area contributed by atoms with Gasteiger partial charge >= 0.3 is 0 Å². The molecule has 1 N–H and O–H groups in total. The third kappa shape index (κ3) is 4.22. The molecule has 4 heteroatoms. The average molecular weight is 309 g/mol. The highest BCUT2D eigenvalue weighted by atomic mass is 15.3. The number of nitrogens with one attached hydrogen (secondary N) is 1. The number of nitrogens with zero attached hydrogens (tertiary/aromatic N) is 3. The van der Waals surface area contributed by atoms with Gasteiger partial charge in [0, 0.05) is 51.9 Å². The van der Waals surface area contributed by atoms with Gasteiger partial charge < -0.3 is 15.1 Å². The fourth-order valence-electron chi connectivity index (χ4n) is 4.68. The maximum absolute atomic E-state index is 3.66. The smallest absolute Gasteiger partial charge is 0.0261 e. The predicted octanol–water partition coefficient (Wildman–Crippen LogP) is 1.33. The molecular weight excluding hydrogens is 272 g/mol. The Balaban J connectivity index is 1.53. The molecule has 0 aromatic rings. The van der Waals surface area contributed by atoms with Crippen molar-refractivity contribution in [1.29, 1.82) is 0 Å². The van der Waals surface area contributed by atoms with E-state index in [4.69, 9.17) is 0 Å². The van der Waals surface area contributed by atoms with Crippen LogP contribution in [0, 0.1) is 11.8 Å². The zero-order valence-electron chi connectivity index (χ0n) is 14.8. The molecule has 0 bridgehead atoms. The Kier molecular flexibility index (Phi) is 6.14. The second-order valence-electron chi connectivity index (χ2n) is 7.80. The van der Waals surface area contributed by atoms with E-state index in [1.165, 1.54) is 84.7 Å². The van der Waals surface area contributed by atoms with Crippen molar-refractivity contribution in [2.75, 3.05) is 65.4 Å². The summed E-state index contributed by atoms with van der Waals surface area (Å²) in [6, 6.07) is 0.778. The molecule has 0 spiro atoms. The Bertz CT molecular complexity index is 327. The molecule has 3 atom stereocenters. The fraction of sp³-hybridized carbons (Fsp3) is 1.00. The lowest BCUT2D eigenvalue weighted by molar-refractivity contribution is 0.0440. The molecule has 0 aromatic heterocycles. The summed E-state index contributed by atoms with van der Waals surface area (Å²) in [6.07, 6.45) is 4.20. The van der Waals surface area contributed by atoms with Crippen molar-refractivity contribution < 1.29 is 0 Å². The molecule has 3 fully saturated rings. The first-order chi connectivity index (χ1) is 10.8. The summed E-state index contributed by atoms with van der Waals surface area (Å²) in [5.41, 5.74) is 0. The van der Waals surface area contributed by atoms with E-state index in [2.05, 4.69) is 33.9 Å². The number of likely N-dealkylation sites (tertiary alicyclic amines) is 1. The molecule has 3 heterocycles. The van der Waals surface area contributed by atoms with Crippen molar-refractivity contribution >= 4 is 0 Å². The maximum atomic E-state index is 3.66. The van der Waals surface area contributed by atoms with Crippen molar-refractivity contribution in [3.05, 3.63) is 0 Å². The Hall–Kier alpha value is -0.160. The van der Waals surface area contributed by atoms with Gasteiger partial charge in [0.1, 0.15) is 0 Å². The molecular formula is C18H36N4. The number of hydrogen-bond donors (Lipinski definition) is 1. The molecule has 0 radical (unpaired) electrons. The molecule has 4 nitrogen and oxygen atoms in total. The van der Waals surface area contributed by atoms with Gasteiger partial charge in [0.05, 0.1) is 0 Å². The van der Waals surface area contributed by atoms with Crippen LogP contribution in [0.1, 0.15) is 33.1 Å². The molecule has 3 aliphatic rings. The van der Waals surface area contributed by atoms with Crippen molar-refractivity contribution in [3.8, 4) is 0 Å². The summed E-state index contributed by atoms with van der Waals surface area (Å²) in [4.78, 5) is 8.14. The highest BCUT2D eigenvalue weighted by Gasteiger charge is 2.33. The first kappa shape index (κ1) is 16.7. The van der Waals surface area contributed by atoms with Crippen LogP contribution in [0.3, 0.4) is 0 Å². The van der Waals surface area contributed by atoms with Crippen molar-refractivity contribution in [1.82, 2.24) is 20.0 Å². The van der Waals surface area contributed by atoms with E-state index in [1.54, 1.807) is 0 Å². The van der Waals surface area contributed by atoms with Crippen LogP contribution in [0.15, 0.2) is 0 Å². The van der Waals surface area contributed by atoms with Gasteiger partial charge in [-0.15, -0.1) is 0 Å². The standard InChI is InChI=1S/C18H36N4/c1-3-20-9-11-21(12-10-20)15-17-6-7-19-13-18(17)22-8-4-5-16(2)14-22/h16-19H,3-15H2,1-2H3. The van der Waals surface area contributed by atoms with Crippen LogP contribution in [0.4, 0.5) is 0 Å². The van der Waals surface area contributed by atoms with Gasteiger partial charge in [-0.25, -0.2) is 0 Å². The molecule has 3 aliphatic heterocycles. The van der Waals surface area contributed by atoms with E-state index in [0.717, 1.165) is 17.9 Å².